The summed E-state index contributed by atoms with van der Waals surface area (Å²) in [5, 5.41) is 10.6. The van der Waals surface area contributed by atoms with Crippen LogP contribution in [0.1, 0.15) is 383 Å². The highest BCUT2D eigenvalue weighted by molar-refractivity contribution is 7.47. The summed E-state index contributed by atoms with van der Waals surface area (Å²) in [6.45, 7) is 14.2. The van der Waals surface area contributed by atoms with E-state index in [9.17, 15) is 43.2 Å². The summed E-state index contributed by atoms with van der Waals surface area (Å²) in [5.41, 5.74) is 0. The van der Waals surface area contributed by atoms with Crippen molar-refractivity contribution in [2.75, 3.05) is 39.6 Å². The van der Waals surface area contributed by atoms with Gasteiger partial charge in [-0.3, -0.25) is 37.3 Å². The lowest BCUT2D eigenvalue weighted by molar-refractivity contribution is -0.161. The van der Waals surface area contributed by atoms with E-state index in [1.54, 1.807) is 0 Å². The van der Waals surface area contributed by atoms with Crippen molar-refractivity contribution in [3.8, 4) is 0 Å². The number of aliphatic hydroxyl groups is 1. The average molecular weight is 1400 g/mol. The third-order valence-corrected chi connectivity index (χ3v) is 19.8. The number of phosphoric ester groups is 2. The first-order chi connectivity index (χ1) is 45.6. The third-order valence-electron chi connectivity index (χ3n) is 17.9. The van der Waals surface area contributed by atoms with Crippen LogP contribution in [-0.4, -0.2) is 96.7 Å². The smallest absolute Gasteiger partial charge is 0.462 e. The van der Waals surface area contributed by atoms with Gasteiger partial charge in [0.1, 0.15) is 19.3 Å². The second-order valence-electron chi connectivity index (χ2n) is 29.1. The molecule has 0 aromatic heterocycles. The molecule has 0 saturated carbocycles. The van der Waals surface area contributed by atoms with E-state index < -0.39 is 97.5 Å². The summed E-state index contributed by atoms with van der Waals surface area (Å²) in [4.78, 5) is 72.8. The van der Waals surface area contributed by atoms with Crippen molar-refractivity contribution in [1.82, 2.24) is 0 Å². The van der Waals surface area contributed by atoms with Gasteiger partial charge in [0.15, 0.2) is 12.2 Å². The predicted molar refractivity (Wildman–Crippen MR) is 386 cm³/mol. The fourth-order valence-corrected chi connectivity index (χ4v) is 13.1. The van der Waals surface area contributed by atoms with Crippen molar-refractivity contribution in [2.24, 2.45) is 23.7 Å². The molecule has 0 radical (unpaired) electrons. The molecular weight excluding hydrogens is 1250 g/mol. The summed E-state index contributed by atoms with van der Waals surface area (Å²) in [6, 6.07) is 0. The molecule has 0 aliphatic carbocycles. The van der Waals surface area contributed by atoms with Crippen molar-refractivity contribution in [3.05, 3.63) is 0 Å². The lowest BCUT2D eigenvalue weighted by atomic mass is 9.99. The van der Waals surface area contributed by atoms with Crippen LogP contribution in [0.25, 0.3) is 0 Å². The first kappa shape index (κ1) is 93.1. The topological polar surface area (TPSA) is 237 Å². The minimum Gasteiger partial charge on any atom is -0.462 e. The normalized spacial score (nSPS) is 14.4. The van der Waals surface area contributed by atoms with Crippen LogP contribution >= 0.6 is 15.6 Å². The lowest BCUT2D eigenvalue weighted by Crippen LogP contribution is -2.30. The van der Waals surface area contributed by atoms with E-state index >= 15 is 0 Å². The van der Waals surface area contributed by atoms with Crippen LogP contribution in [0.15, 0.2) is 0 Å². The Bertz CT molecular complexity index is 1870. The van der Waals surface area contributed by atoms with Gasteiger partial charge in [-0.1, -0.05) is 331 Å². The summed E-state index contributed by atoms with van der Waals surface area (Å²) in [6.07, 6.45) is 50.0. The number of ether oxygens (including phenoxy) is 4. The number of carbonyl (C=O) groups excluding carboxylic acids is 4. The maximum Gasteiger partial charge on any atom is 0.472 e. The van der Waals surface area contributed by atoms with Gasteiger partial charge < -0.3 is 33.8 Å². The van der Waals surface area contributed by atoms with Gasteiger partial charge in [-0.05, 0) is 49.4 Å². The van der Waals surface area contributed by atoms with Gasteiger partial charge in [0.05, 0.1) is 26.4 Å². The van der Waals surface area contributed by atoms with E-state index in [0.717, 1.165) is 114 Å². The summed E-state index contributed by atoms with van der Waals surface area (Å²) >= 11 is 0. The number of hydrogen-bond acceptors (Lipinski definition) is 15. The Hall–Kier alpha value is -1.94. The standard InChI is InChI=1S/C76H148O17P2/c1-9-69(8)55-47-39-31-25-27-35-43-51-59-76(81)93-72(63-87-74(79)57-49-41-33-26-24-30-38-46-54-68(6)7)65-91-95(84,85)89-61-70(77)60-88-94(82,83)90-64-71(92-75(80)58-50-42-34-23-19-18-21-29-37-45-53-67(4)5)62-86-73(78)56-48-40-32-22-17-15-13-11-10-12-14-16-20-28-36-44-52-66(2)3/h66-72,77H,9-65H2,1-8H3,(H,82,83)(H,84,85)/t69?,70?,71-,72-/m1/s1. The van der Waals surface area contributed by atoms with Crippen LogP contribution in [0.4, 0.5) is 0 Å². The van der Waals surface area contributed by atoms with E-state index in [-0.39, 0.29) is 25.7 Å². The summed E-state index contributed by atoms with van der Waals surface area (Å²) in [7, 11) is -9.91. The Balaban J connectivity index is 5.23. The van der Waals surface area contributed by atoms with Gasteiger partial charge in [0.25, 0.3) is 0 Å². The molecule has 4 unspecified atom stereocenters. The number of carbonyl (C=O) groups is 4. The van der Waals surface area contributed by atoms with Crippen LogP contribution in [0.3, 0.4) is 0 Å². The molecule has 6 atom stereocenters. The lowest BCUT2D eigenvalue weighted by Gasteiger charge is -2.21. The van der Waals surface area contributed by atoms with Crippen molar-refractivity contribution in [2.45, 2.75) is 401 Å². The van der Waals surface area contributed by atoms with E-state index in [1.807, 2.05) is 0 Å². The summed E-state index contributed by atoms with van der Waals surface area (Å²) in [5.74, 6) is 0.938. The Morgan fingerprint density at radius 1 is 0.295 bits per heavy atom. The van der Waals surface area contributed by atoms with Gasteiger partial charge in [-0.15, -0.1) is 0 Å². The molecule has 0 bridgehead atoms. The highest BCUT2D eigenvalue weighted by Gasteiger charge is 2.30. The second kappa shape index (κ2) is 65.4. The van der Waals surface area contributed by atoms with Crippen LogP contribution < -0.4 is 0 Å². The third kappa shape index (κ3) is 69.0. The van der Waals surface area contributed by atoms with Crippen LogP contribution in [0, 0.1) is 23.7 Å². The quantitative estimate of drug-likeness (QED) is 0.0222. The maximum absolute atomic E-state index is 13.1. The molecule has 0 aliphatic rings. The number of aliphatic hydroxyl groups excluding tert-OH is 1. The van der Waals surface area contributed by atoms with Crippen molar-refractivity contribution < 1.29 is 80.2 Å². The Labute approximate surface area is 581 Å². The summed E-state index contributed by atoms with van der Waals surface area (Å²) < 4.78 is 68.5. The molecule has 0 aromatic carbocycles. The number of rotatable bonds is 73. The molecule has 564 valence electrons. The number of unbranched alkanes of at least 4 members (excludes halogenated alkanes) is 38. The average Bonchev–Trinajstić information content (AvgIpc) is 2.70. The number of hydrogen-bond donors (Lipinski definition) is 3. The van der Waals surface area contributed by atoms with Crippen LogP contribution in [0.2, 0.25) is 0 Å². The van der Waals surface area contributed by atoms with Crippen molar-refractivity contribution >= 4 is 39.5 Å². The molecule has 3 N–H and O–H groups in total. The molecular formula is C76H148O17P2. The molecule has 0 rings (SSSR count). The SMILES string of the molecule is CCC(C)CCCCCCCCCCC(=O)O[C@H](COC(=O)CCCCCCCCCCC(C)C)COP(=O)(O)OCC(O)COP(=O)(O)OC[C@@H](COC(=O)CCCCCCCCCCCCCCCCCCC(C)C)OC(=O)CCCCCCCCCCCCC(C)C. The Morgan fingerprint density at radius 3 is 0.747 bits per heavy atom. The minimum atomic E-state index is -4.96. The van der Waals surface area contributed by atoms with Crippen molar-refractivity contribution in [1.29, 1.82) is 0 Å². The monoisotopic (exact) mass is 1400 g/mol. The van der Waals surface area contributed by atoms with Crippen LogP contribution in [0.5, 0.6) is 0 Å². The molecule has 0 amide bonds. The predicted octanol–water partition coefficient (Wildman–Crippen LogP) is 22.0. The van der Waals surface area contributed by atoms with E-state index in [1.165, 1.54) is 186 Å². The molecule has 19 heteroatoms. The van der Waals surface area contributed by atoms with Gasteiger partial charge >= 0.3 is 39.5 Å². The van der Waals surface area contributed by atoms with Gasteiger partial charge in [-0.25, -0.2) is 9.13 Å². The Kier molecular flexibility index (Phi) is 64.0. The highest BCUT2D eigenvalue weighted by atomic mass is 31.2. The van der Waals surface area contributed by atoms with E-state index in [0.29, 0.717) is 25.7 Å². The second-order valence-corrected chi connectivity index (χ2v) is 32.0. The fourth-order valence-electron chi connectivity index (χ4n) is 11.5. The maximum atomic E-state index is 13.1. The fraction of sp³-hybridized carbons (Fsp3) is 0.947. The minimum absolute atomic E-state index is 0.104. The van der Waals surface area contributed by atoms with E-state index in [2.05, 4.69) is 55.4 Å². The molecule has 17 nitrogen and oxygen atoms in total. The zero-order chi connectivity index (χ0) is 70.3. The molecule has 0 spiro atoms. The first-order valence-electron chi connectivity index (χ1n) is 39.2. The highest BCUT2D eigenvalue weighted by Crippen LogP contribution is 2.45. The molecule has 0 aliphatic heterocycles. The first-order valence-corrected chi connectivity index (χ1v) is 42.2. The molecule has 0 fully saturated rings. The largest absolute Gasteiger partial charge is 0.472 e. The molecule has 95 heavy (non-hydrogen) atoms. The molecule has 0 heterocycles. The molecule has 0 saturated heterocycles. The van der Waals surface area contributed by atoms with Gasteiger partial charge in [0.2, 0.25) is 0 Å². The molecule has 0 aromatic rings. The Morgan fingerprint density at radius 2 is 0.505 bits per heavy atom. The van der Waals surface area contributed by atoms with Gasteiger partial charge in [-0.2, -0.15) is 0 Å². The number of esters is 4. The van der Waals surface area contributed by atoms with Crippen LogP contribution in [-0.2, 0) is 65.4 Å². The van der Waals surface area contributed by atoms with Crippen molar-refractivity contribution in [3.63, 3.8) is 0 Å². The zero-order valence-electron chi connectivity index (χ0n) is 62.3. The van der Waals surface area contributed by atoms with E-state index in [4.69, 9.17) is 37.0 Å². The number of phosphoric acid groups is 2. The zero-order valence-corrected chi connectivity index (χ0v) is 64.1. The van der Waals surface area contributed by atoms with Gasteiger partial charge in [0, 0.05) is 25.7 Å².